The largest absolute Gasteiger partial charge is 0.524 e. The summed E-state index contributed by atoms with van der Waals surface area (Å²) < 4.78 is 15.0. The first-order valence-corrected chi connectivity index (χ1v) is 7.03. The van der Waals surface area contributed by atoms with E-state index in [0.29, 0.717) is 12.0 Å². The van der Waals surface area contributed by atoms with Crippen LogP contribution in [0.5, 0.6) is 5.75 Å². The van der Waals surface area contributed by atoms with Gasteiger partial charge in [0, 0.05) is 12.2 Å². The quantitative estimate of drug-likeness (QED) is 0.478. The van der Waals surface area contributed by atoms with E-state index in [1.165, 1.54) is 13.0 Å². The van der Waals surface area contributed by atoms with Gasteiger partial charge in [0.15, 0.2) is 0 Å². The minimum Gasteiger partial charge on any atom is -0.478 e. The third kappa shape index (κ3) is 8.44. The summed E-state index contributed by atoms with van der Waals surface area (Å²) >= 11 is 0. The van der Waals surface area contributed by atoms with Gasteiger partial charge < -0.3 is 14.7 Å². The van der Waals surface area contributed by atoms with Crippen LogP contribution in [0.15, 0.2) is 36.4 Å². The summed E-state index contributed by atoms with van der Waals surface area (Å²) in [6.07, 6.45) is 0.302. The molecule has 0 aliphatic heterocycles. The zero-order valence-corrected chi connectivity index (χ0v) is 11.8. The summed E-state index contributed by atoms with van der Waals surface area (Å²) in [7, 11) is -4.52. The molecular weight excluding hydrogens is 287 g/mol. The highest BCUT2D eigenvalue weighted by Crippen LogP contribution is 2.38. The number of rotatable bonds is 5. The van der Waals surface area contributed by atoms with E-state index >= 15 is 0 Å². The zero-order chi connectivity index (χ0) is 15.8. The topological polar surface area (TPSA) is 124 Å². The van der Waals surface area contributed by atoms with Crippen molar-refractivity contribution in [1.29, 1.82) is 0 Å². The molecule has 0 radical (unpaired) electrons. The molecule has 0 heterocycles. The van der Waals surface area contributed by atoms with E-state index in [0.717, 1.165) is 0 Å². The van der Waals surface area contributed by atoms with Gasteiger partial charge in [-0.15, -0.1) is 0 Å². The smallest absolute Gasteiger partial charge is 0.478 e. The number of aliphatic hydroxyl groups excluding tert-OH is 1. The molecule has 0 fully saturated rings. The molecule has 0 bridgehead atoms. The molecule has 1 aromatic carbocycles. The maximum atomic E-state index is 10.6. The fourth-order valence-corrected chi connectivity index (χ4v) is 1.48. The zero-order valence-electron chi connectivity index (χ0n) is 10.9. The van der Waals surface area contributed by atoms with Crippen molar-refractivity contribution in [1.82, 2.24) is 0 Å². The van der Waals surface area contributed by atoms with E-state index in [1.807, 2.05) is 0 Å². The van der Waals surface area contributed by atoms with Gasteiger partial charge >= 0.3 is 13.8 Å². The number of phosphoric acid groups is 1. The van der Waals surface area contributed by atoms with Crippen molar-refractivity contribution < 1.29 is 33.9 Å². The Morgan fingerprint density at radius 1 is 1.35 bits per heavy atom. The molecule has 0 amide bonds. The van der Waals surface area contributed by atoms with Crippen LogP contribution in [0.2, 0.25) is 0 Å². The summed E-state index contributed by atoms with van der Waals surface area (Å²) in [6, 6.07) is 6.40. The third-order valence-electron chi connectivity index (χ3n) is 1.94. The highest BCUT2D eigenvalue weighted by Gasteiger charge is 2.17. The second-order valence-electron chi connectivity index (χ2n) is 3.75. The van der Waals surface area contributed by atoms with Gasteiger partial charge in [-0.2, -0.15) is 0 Å². The summed E-state index contributed by atoms with van der Waals surface area (Å²) in [4.78, 5) is 26.8. The first kappa shape index (κ1) is 18.3. The average Bonchev–Trinajstić information content (AvgIpc) is 2.31. The highest BCUT2D eigenvalue weighted by atomic mass is 31.2. The summed E-state index contributed by atoms with van der Waals surface area (Å²) in [5.74, 6) is -0.829. The molecule has 0 unspecified atom stereocenters. The lowest BCUT2D eigenvalue weighted by molar-refractivity contribution is -0.132. The number of benzene rings is 1. The molecule has 8 heteroatoms. The number of para-hydroxylation sites is 1. The molecule has 0 saturated carbocycles. The predicted molar refractivity (Wildman–Crippen MR) is 72.4 cm³/mol. The average molecular weight is 304 g/mol. The van der Waals surface area contributed by atoms with Gasteiger partial charge in [0.1, 0.15) is 5.75 Å². The first-order valence-electron chi connectivity index (χ1n) is 5.50. The van der Waals surface area contributed by atoms with Gasteiger partial charge in [-0.25, -0.2) is 9.36 Å². The standard InChI is InChI=1S/C8H11O5P.C4H6O2/c9-6-5-7-3-1-2-4-8(7)13-14(10,11)12;1-3(2)4(5)6/h1-4,9H,5-6H2,(H2,10,11,12);1H2,2H3,(H,5,6). The van der Waals surface area contributed by atoms with Crippen LogP contribution >= 0.6 is 7.82 Å². The SMILES string of the molecule is C=C(C)C(=O)O.O=P(O)(O)Oc1ccccc1CCO. The van der Waals surface area contributed by atoms with Crippen molar-refractivity contribution >= 4 is 13.8 Å². The number of hydrogen-bond acceptors (Lipinski definition) is 4. The van der Waals surface area contributed by atoms with Gasteiger partial charge in [-0.1, -0.05) is 24.8 Å². The van der Waals surface area contributed by atoms with E-state index in [2.05, 4.69) is 11.1 Å². The normalized spacial score (nSPS) is 10.2. The van der Waals surface area contributed by atoms with Crippen LogP contribution in [-0.4, -0.2) is 32.6 Å². The molecular formula is C12H17O7P. The molecule has 7 nitrogen and oxygen atoms in total. The predicted octanol–water partition coefficient (Wildman–Crippen LogP) is 1.34. The second-order valence-corrected chi connectivity index (χ2v) is 4.91. The van der Waals surface area contributed by atoms with Crippen LogP contribution < -0.4 is 4.52 Å². The minimum atomic E-state index is -4.52. The molecule has 0 aromatic heterocycles. The number of carboxylic acid groups (broad SMARTS) is 1. The number of hydrogen-bond donors (Lipinski definition) is 4. The minimum absolute atomic E-state index is 0.0957. The second kappa shape index (κ2) is 8.50. The Bertz CT molecular complexity index is 494. The van der Waals surface area contributed by atoms with Gasteiger partial charge in [-0.3, -0.25) is 9.79 Å². The number of aliphatic hydroxyl groups is 1. The van der Waals surface area contributed by atoms with Crippen LogP contribution in [0, 0.1) is 0 Å². The number of phosphoric ester groups is 1. The van der Waals surface area contributed by atoms with Crippen molar-refractivity contribution in [3.63, 3.8) is 0 Å². The van der Waals surface area contributed by atoms with Crippen LogP contribution in [-0.2, 0) is 15.8 Å². The molecule has 0 saturated heterocycles. The summed E-state index contributed by atoms with van der Waals surface area (Å²) in [5, 5.41) is 16.6. The summed E-state index contributed by atoms with van der Waals surface area (Å²) in [5.41, 5.74) is 0.744. The van der Waals surface area contributed by atoms with Crippen molar-refractivity contribution in [3.05, 3.63) is 42.0 Å². The molecule has 4 N–H and O–H groups in total. The Balaban J connectivity index is 0.000000511. The highest BCUT2D eigenvalue weighted by molar-refractivity contribution is 7.46. The number of carboxylic acids is 1. The number of carbonyl (C=O) groups is 1. The Hall–Kier alpha value is -1.66. The lowest BCUT2D eigenvalue weighted by Crippen LogP contribution is -1.97. The van der Waals surface area contributed by atoms with E-state index in [4.69, 9.17) is 20.0 Å². The van der Waals surface area contributed by atoms with E-state index in [1.54, 1.807) is 18.2 Å². The molecule has 1 rings (SSSR count). The fourth-order valence-electron chi connectivity index (χ4n) is 1.05. The third-order valence-corrected chi connectivity index (χ3v) is 2.37. The molecule has 0 atom stereocenters. The Morgan fingerprint density at radius 2 is 1.85 bits per heavy atom. The van der Waals surface area contributed by atoms with Crippen molar-refractivity contribution in [2.45, 2.75) is 13.3 Å². The monoisotopic (exact) mass is 304 g/mol. The molecule has 0 aliphatic carbocycles. The van der Waals surface area contributed by atoms with Crippen molar-refractivity contribution in [3.8, 4) is 5.75 Å². The Kier molecular flexibility index (Phi) is 7.79. The maximum Gasteiger partial charge on any atom is 0.524 e. The lowest BCUT2D eigenvalue weighted by Gasteiger charge is -2.10. The van der Waals surface area contributed by atoms with Crippen molar-refractivity contribution in [2.75, 3.05) is 6.61 Å². The van der Waals surface area contributed by atoms with Gasteiger partial charge in [0.05, 0.1) is 0 Å². The van der Waals surface area contributed by atoms with Gasteiger partial charge in [0.25, 0.3) is 0 Å². The fraction of sp³-hybridized carbons (Fsp3) is 0.250. The van der Waals surface area contributed by atoms with Gasteiger partial charge in [0.2, 0.25) is 0 Å². The van der Waals surface area contributed by atoms with Crippen LogP contribution in [0.25, 0.3) is 0 Å². The van der Waals surface area contributed by atoms with Crippen molar-refractivity contribution in [2.24, 2.45) is 0 Å². The lowest BCUT2D eigenvalue weighted by atomic mass is 10.1. The molecule has 20 heavy (non-hydrogen) atoms. The molecule has 0 spiro atoms. The van der Waals surface area contributed by atoms with Gasteiger partial charge in [-0.05, 0) is 25.0 Å². The van der Waals surface area contributed by atoms with E-state index < -0.39 is 13.8 Å². The summed E-state index contributed by atoms with van der Waals surface area (Å²) in [6.45, 7) is 4.51. The van der Waals surface area contributed by atoms with E-state index in [-0.39, 0.29) is 17.9 Å². The number of aliphatic carboxylic acids is 1. The van der Waals surface area contributed by atoms with Crippen LogP contribution in [0.1, 0.15) is 12.5 Å². The van der Waals surface area contributed by atoms with Crippen LogP contribution in [0.4, 0.5) is 0 Å². The Morgan fingerprint density at radius 3 is 2.25 bits per heavy atom. The first-order chi connectivity index (χ1) is 9.17. The maximum absolute atomic E-state index is 10.6. The molecule has 1 aromatic rings. The molecule has 112 valence electrons. The Labute approximate surface area is 116 Å². The van der Waals surface area contributed by atoms with E-state index in [9.17, 15) is 9.36 Å². The molecule has 0 aliphatic rings. The van der Waals surface area contributed by atoms with Crippen LogP contribution in [0.3, 0.4) is 0 Å².